The molecule has 0 spiro atoms. The summed E-state index contributed by atoms with van der Waals surface area (Å²) in [4.78, 5) is 13.1. The smallest absolute Gasteiger partial charge is 0.229 e. The largest absolute Gasteiger partial charge is 0.385 e. The summed E-state index contributed by atoms with van der Waals surface area (Å²) >= 11 is 7.48. The summed E-state index contributed by atoms with van der Waals surface area (Å²) in [6.07, 6.45) is 1.34. The van der Waals surface area contributed by atoms with Crippen molar-refractivity contribution < 1.29 is 4.79 Å². The number of benzene rings is 2. The van der Waals surface area contributed by atoms with E-state index in [9.17, 15) is 4.79 Å². The maximum atomic E-state index is 12.0. The molecule has 0 saturated carbocycles. The van der Waals surface area contributed by atoms with Crippen LogP contribution in [0.3, 0.4) is 0 Å². The van der Waals surface area contributed by atoms with Crippen LogP contribution in [0.15, 0.2) is 66.0 Å². The molecule has 1 aromatic heterocycles. The second kappa shape index (κ2) is 8.70. The Morgan fingerprint density at radius 3 is 2.36 bits per heavy atom. The van der Waals surface area contributed by atoms with E-state index in [4.69, 9.17) is 11.6 Å². The fourth-order valence-corrected chi connectivity index (χ4v) is 3.28. The van der Waals surface area contributed by atoms with Crippen molar-refractivity contribution in [3.63, 3.8) is 0 Å². The molecule has 0 unspecified atom stereocenters. The van der Waals surface area contributed by atoms with Gasteiger partial charge in [-0.1, -0.05) is 29.8 Å². The van der Waals surface area contributed by atoms with Gasteiger partial charge in [0.25, 0.3) is 0 Å². The molecule has 0 aliphatic heterocycles. The number of carbonyl (C=O) groups is 1. The topological polar surface area (TPSA) is 41.1 Å². The summed E-state index contributed by atoms with van der Waals surface area (Å²) in [5.41, 5.74) is 3.09. The number of halogens is 1. The van der Waals surface area contributed by atoms with Gasteiger partial charge in [-0.15, -0.1) is 11.3 Å². The van der Waals surface area contributed by atoms with Crippen molar-refractivity contribution in [1.29, 1.82) is 0 Å². The van der Waals surface area contributed by atoms with Gasteiger partial charge in [-0.3, -0.25) is 4.79 Å². The van der Waals surface area contributed by atoms with Crippen LogP contribution >= 0.6 is 22.9 Å². The quantitative estimate of drug-likeness (QED) is 0.597. The predicted molar refractivity (Wildman–Crippen MR) is 107 cm³/mol. The van der Waals surface area contributed by atoms with Crippen molar-refractivity contribution >= 4 is 40.2 Å². The Labute approximate surface area is 156 Å². The van der Waals surface area contributed by atoms with E-state index in [0.717, 1.165) is 34.2 Å². The van der Waals surface area contributed by atoms with Crippen molar-refractivity contribution in [1.82, 2.24) is 0 Å². The number of hydrogen-bond donors (Lipinski definition) is 2. The minimum atomic E-state index is 0.00546. The van der Waals surface area contributed by atoms with Crippen LogP contribution in [0.25, 0.3) is 0 Å². The van der Waals surface area contributed by atoms with Crippen LogP contribution in [-0.4, -0.2) is 12.5 Å². The highest BCUT2D eigenvalue weighted by Crippen LogP contribution is 2.16. The van der Waals surface area contributed by atoms with E-state index in [0.29, 0.717) is 6.42 Å². The van der Waals surface area contributed by atoms with Gasteiger partial charge in [0.05, 0.1) is 6.42 Å². The second-order valence-electron chi connectivity index (χ2n) is 5.68. The van der Waals surface area contributed by atoms with E-state index in [-0.39, 0.29) is 5.91 Å². The van der Waals surface area contributed by atoms with E-state index in [2.05, 4.69) is 10.6 Å². The lowest BCUT2D eigenvalue weighted by Crippen LogP contribution is -2.13. The van der Waals surface area contributed by atoms with E-state index in [1.54, 1.807) is 11.3 Å². The molecule has 3 nitrogen and oxygen atoms in total. The summed E-state index contributed by atoms with van der Waals surface area (Å²) in [6.45, 7) is 0.839. The van der Waals surface area contributed by atoms with Crippen molar-refractivity contribution in [3.8, 4) is 0 Å². The highest BCUT2D eigenvalue weighted by atomic mass is 35.5. The van der Waals surface area contributed by atoms with Crippen molar-refractivity contribution in [2.24, 2.45) is 0 Å². The van der Waals surface area contributed by atoms with E-state index >= 15 is 0 Å². The Morgan fingerprint density at radius 1 is 0.960 bits per heavy atom. The Morgan fingerprint density at radius 2 is 1.68 bits per heavy atom. The third-order valence-electron chi connectivity index (χ3n) is 3.74. The van der Waals surface area contributed by atoms with Gasteiger partial charge in [0.1, 0.15) is 0 Å². The average Bonchev–Trinajstić information content (AvgIpc) is 3.11. The fourth-order valence-electron chi connectivity index (χ4n) is 2.45. The number of thiophene rings is 1. The highest BCUT2D eigenvalue weighted by molar-refractivity contribution is 7.10. The molecular weight excluding hydrogens is 352 g/mol. The molecule has 3 rings (SSSR count). The third-order valence-corrected chi connectivity index (χ3v) is 4.87. The molecule has 0 saturated heterocycles. The molecule has 0 aliphatic rings. The number of anilines is 2. The molecule has 1 heterocycles. The lowest BCUT2D eigenvalue weighted by Gasteiger charge is -2.09. The lowest BCUT2D eigenvalue weighted by molar-refractivity contribution is -0.115. The first-order chi connectivity index (χ1) is 12.2. The van der Waals surface area contributed by atoms with Crippen LogP contribution in [-0.2, 0) is 17.6 Å². The Kier molecular flexibility index (Phi) is 6.09. The van der Waals surface area contributed by atoms with Gasteiger partial charge in [0.15, 0.2) is 0 Å². The zero-order chi connectivity index (χ0) is 17.5. The van der Waals surface area contributed by atoms with Crippen LogP contribution in [0.2, 0.25) is 5.02 Å². The first kappa shape index (κ1) is 17.5. The lowest BCUT2D eigenvalue weighted by atomic mass is 10.1. The molecule has 0 aliphatic carbocycles. The van der Waals surface area contributed by atoms with Crippen LogP contribution in [0.4, 0.5) is 11.4 Å². The number of rotatable bonds is 7. The monoisotopic (exact) mass is 370 g/mol. The molecular formula is C20H19ClN2OS. The zero-order valence-electron chi connectivity index (χ0n) is 13.7. The van der Waals surface area contributed by atoms with Crippen molar-refractivity contribution in [3.05, 3.63) is 81.5 Å². The van der Waals surface area contributed by atoms with Crippen molar-refractivity contribution in [2.75, 3.05) is 17.2 Å². The zero-order valence-corrected chi connectivity index (χ0v) is 15.2. The minimum absolute atomic E-state index is 0.00546. The number of hydrogen-bond acceptors (Lipinski definition) is 3. The molecule has 0 radical (unpaired) electrons. The molecule has 0 atom stereocenters. The fraction of sp³-hybridized carbons (Fsp3) is 0.150. The molecule has 2 aromatic carbocycles. The van der Waals surface area contributed by atoms with Crippen LogP contribution in [0.5, 0.6) is 0 Å². The van der Waals surface area contributed by atoms with Gasteiger partial charge in [-0.25, -0.2) is 0 Å². The van der Waals surface area contributed by atoms with Gasteiger partial charge in [-0.2, -0.15) is 0 Å². The van der Waals surface area contributed by atoms with Gasteiger partial charge < -0.3 is 10.6 Å². The van der Waals surface area contributed by atoms with Gasteiger partial charge in [-0.05, 0) is 59.8 Å². The van der Waals surface area contributed by atoms with Gasteiger partial charge in [0, 0.05) is 27.8 Å². The molecule has 0 fully saturated rings. The third kappa shape index (κ3) is 5.62. The van der Waals surface area contributed by atoms with Gasteiger partial charge in [0.2, 0.25) is 5.91 Å². The van der Waals surface area contributed by atoms with Crippen LogP contribution in [0, 0.1) is 0 Å². The summed E-state index contributed by atoms with van der Waals surface area (Å²) in [5.74, 6) is 0.00546. The van der Waals surface area contributed by atoms with Crippen LogP contribution < -0.4 is 10.6 Å². The normalized spacial score (nSPS) is 10.4. The van der Waals surface area contributed by atoms with Crippen molar-refractivity contribution in [2.45, 2.75) is 12.8 Å². The maximum Gasteiger partial charge on any atom is 0.229 e. The standard InChI is InChI=1S/C20H19ClN2OS/c21-16-5-3-15(4-6-16)11-12-22-17-7-9-18(10-8-17)23-20(24)14-19-2-1-13-25-19/h1-10,13,22H,11-12,14H2,(H,23,24). The number of nitrogens with one attached hydrogen (secondary N) is 2. The number of carbonyl (C=O) groups excluding carboxylic acids is 1. The molecule has 5 heteroatoms. The molecule has 3 aromatic rings. The van der Waals surface area contributed by atoms with Gasteiger partial charge >= 0.3 is 0 Å². The predicted octanol–water partition coefficient (Wildman–Crippen LogP) is 5.24. The van der Waals surface area contributed by atoms with E-state index < -0.39 is 0 Å². The molecule has 1 amide bonds. The molecule has 0 bridgehead atoms. The summed E-state index contributed by atoms with van der Waals surface area (Å²) in [5, 5.41) is 9.04. The second-order valence-corrected chi connectivity index (χ2v) is 7.15. The minimum Gasteiger partial charge on any atom is -0.385 e. The molecule has 128 valence electrons. The SMILES string of the molecule is O=C(Cc1cccs1)Nc1ccc(NCCc2ccc(Cl)cc2)cc1. The Balaban J connectivity index is 1.45. The molecule has 25 heavy (non-hydrogen) atoms. The van der Waals surface area contributed by atoms with E-state index in [1.165, 1.54) is 5.56 Å². The summed E-state index contributed by atoms with van der Waals surface area (Å²) in [7, 11) is 0. The first-order valence-corrected chi connectivity index (χ1v) is 9.35. The summed E-state index contributed by atoms with van der Waals surface area (Å²) < 4.78 is 0. The van der Waals surface area contributed by atoms with Crippen LogP contribution in [0.1, 0.15) is 10.4 Å². The Hall–Kier alpha value is -2.30. The van der Waals surface area contributed by atoms with E-state index in [1.807, 2.05) is 66.0 Å². The maximum absolute atomic E-state index is 12.0. The first-order valence-electron chi connectivity index (χ1n) is 8.10. The number of amides is 1. The summed E-state index contributed by atoms with van der Waals surface area (Å²) in [6, 6.07) is 19.6. The highest BCUT2D eigenvalue weighted by Gasteiger charge is 2.05. The average molecular weight is 371 g/mol. The molecule has 2 N–H and O–H groups in total. The Bertz CT molecular complexity index is 799.